The molecule has 0 radical (unpaired) electrons. The fourth-order valence-corrected chi connectivity index (χ4v) is 7.97. The highest BCUT2D eigenvalue weighted by molar-refractivity contribution is 6.02. The number of carbonyl (C=O) groups is 2. The summed E-state index contributed by atoms with van der Waals surface area (Å²) in [5.74, 6) is 0.139. The fraction of sp³-hybridized carbons (Fsp3) is 0.273. The molecular formula is C44H45N3O7. The summed E-state index contributed by atoms with van der Waals surface area (Å²) >= 11 is 0. The molecule has 2 heterocycles. The highest BCUT2D eigenvalue weighted by Crippen LogP contribution is 2.45. The SMILES string of the molecule is COc1cc(CCC(=O)CC(=O)[C@@H]2C(CNc3[nH]ccc3Cc3ccc(O)c(O)c3)=Cc3[nH]ccc3[C@H]2C[C@@H]2C=Cc3c(O)cccc3CC2)ccc1O. The molecule has 54 heavy (non-hydrogen) atoms. The van der Waals surface area contributed by atoms with Gasteiger partial charge in [-0.25, -0.2) is 0 Å². The number of nitrogens with one attached hydrogen (secondary N) is 3. The number of aromatic amines is 2. The van der Waals surface area contributed by atoms with E-state index >= 15 is 0 Å². The lowest BCUT2D eigenvalue weighted by molar-refractivity contribution is -0.129. The molecule has 0 spiro atoms. The van der Waals surface area contributed by atoms with Gasteiger partial charge in [0.2, 0.25) is 0 Å². The Morgan fingerprint density at radius 2 is 1.70 bits per heavy atom. The van der Waals surface area contributed by atoms with Crippen molar-refractivity contribution >= 4 is 29.5 Å². The third-order valence-corrected chi connectivity index (χ3v) is 10.8. The average molecular weight is 728 g/mol. The highest BCUT2D eigenvalue weighted by Gasteiger charge is 2.38. The maximum absolute atomic E-state index is 14.5. The zero-order chi connectivity index (χ0) is 37.8. The largest absolute Gasteiger partial charge is 0.507 e. The number of Topliss-reactive ketones (excluding diaryl/α,β-unsaturated/α-hetero) is 2. The number of anilines is 1. The number of aromatic hydroxyl groups is 4. The number of ketones is 2. The first-order chi connectivity index (χ1) is 26.2. The number of phenolic OH excluding ortho intramolecular Hbond substituents is 4. The van der Waals surface area contributed by atoms with Crippen molar-refractivity contribution in [3.8, 4) is 28.7 Å². The molecule has 0 unspecified atom stereocenters. The van der Waals surface area contributed by atoms with Crippen LogP contribution in [0.2, 0.25) is 0 Å². The van der Waals surface area contributed by atoms with Crippen molar-refractivity contribution in [2.75, 3.05) is 19.0 Å². The molecule has 5 aromatic rings. The van der Waals surface area contributed by atoms with Gasteiger partial charge in [0.25, 0.3) is 0 Å². The molecular weight excluding hydrogens is 682 g/mol. The van der Waals surface area contributed by atoms with Crippen molar-refractivity contribution in [3.05, 3.63) is 130 Å². The Morgan fingerprint density at radius 3 is 2.54 bits per heavy atom. The van der Waals surface area contributed by atoms with Crippen LogP contribution in [0.5, 0.6) is 28.7 Å². The standard InChI is InChI=1S/C44H45N3O7/c1-54-42-22-27(8-14-39(42)51)6-11-32(48)24-41(53)43-31(25-47-44-30(15-17-46-44)19-28-9-13-38(50)40(52)21-28)23-36-34(16-18-45-36)35(43)20-26-5-10-29-3-2-4-37(49)33(29)12-7-26/h2-4,7-9,12-18,21-23,26,35,43,45-47,49-52H,5-6,10-11,19-20,24-25H2,1H3/t26-,35+,43+/m0/s1. The molecule has 0 saturated carbocycles. The van der Waals surface area contributed by atoms with Gasteiger partial charge in [-0.2, -0.15) is 0 Å². The molecule has 0 bridgehead atoms. The van der Waals surface area contributed by atoms with E-state index < -0.39 is 5.92 Å². The number of phenols is 4. The first-order valence-corrected chi connectivity index (χ1v) is 18.3. The van der Waals surface area contributed by atoms with Crippen molar-refractivity contribution in [2.24, 2.45) is 11.8 Å². The van der Waals surface area contributed by atoms with Gasteiger partial charge in [0.15, 0.2) is 23.0 Å². The smallest absolute Gasteiger partial charge is 0.160 e. The van der Waals surface area contributed by atoms with E-state index in [2.05, 4.69) is 21.4 Å². The van der Waals surface area contributed by atoms with E-state index in [1.165, 1.54) is 13.2 Å². The van der Waals surface area contributed by atoms with Crippen LogP contribution in [0.3, 0.4) is 0 Å². The summed E-state index contributed by atoms with van der Waals surface area (Å²) in [5.41, 5.74) is 7.40. The van der Waals surface area contributed by atoms with Crippen LogP contribution in [0.15, 0.2) is 90.8 Å². The van der Waals surface area contributed by atoms with Gasteiger partial charge in [0.1, 0.15) is 23.1 Å². The number of aryl methyl sites for hydroxylation is 2. The van der Waals surface area contributed by atoms with Crippen molar-refractivity contribution < 1.29 is 34.8 Å². The summed E-state index contributed by atoms with van der Waals surface area (Å²) in [6.45, 7) is 0.348. The number of benzene rings is 3. The number of ether oxygens (including phenoxy) is 1. The number of hydrogen-bond acceptors (Lipinski definition) is 8. The molecule has 3 atom stereocenters. The maximum atomic E-state index is 14.5. The summed E-state index contributed by atoms with van der Waals surface area (Å²) in [5, 5.41) is 43.9. The predicted octanol–water partition coefficient (Wildman–Crippen LogP) is 7.80. The zero-order valence-corrected chi connectivity index (χ0v) is 30.1. The van der Waals surface area contributed by atoms with Crippen LogP contribution < -0.4 is 10.1 Å². The number of aromatic nitrogens is 2. The molecule has 0 amide bonds. The number of fused-ring (bicyclic) bond motifs is 2. The second-order valence-electron chi connectivity index (χ2n) is 14.3. The Hall–Kier alpha value is -6.16. The van der Waals surface area contributed by atoms with Gasteiger partial charge in [-0.15, -0.1) is 0 Å². The van der Waals surface area contributed by atoms with Gasteiger partial charge in [0, 0.05) is 54.9 Å². The fourth-order valence-electron chi connectivity index (χ4n) is 7.97. The lowest BCUT2D eigenvalue weighted by atomic mass is 9.69. The molecule has 0 aliphatic heterocycles. The van der Waals surface area contributed by atoms with E-state index in [0.29, 0.717) is 31.6 Å². The van der Waals surface area contributed by atoms with E-state index in [4.69, 9.17) is 4.74 Å². The van der Waals surface area contributed by atoms with Gasteiger partial charge in [0.05, 0.1) is 13.5 Å². The molecule has 10 nitrogen and oxygen atoms in total. The number of H-pyrrole nitrogens is 2. The van der Waals surface area contributed by atoms with Crippen molar-refractivity contribution in [3.63, 3.8) is 0 Å². The number of methoxy groups -OCH3 is 1. The van der Waals surface area contributed by atoms with Crippen LogP contribution in [-0.4, -0.2) is 55.6 Å². The van der Waals surface area contributed by atoms with Crippen molar-refractivity contribution in [2.45, 2.75) is 50.9 Å². The Labute approximate surface area is 313 Å². The second kappa shape index (κ2) is 15.8. The van der Waals surface area contributed by atoms with E-state index in [0.717, 1.165) is 63.3 Å². The van der Waals surface area contributed by atoms with Crippen molar-refractivity contribution in [1.29, 1.82) is 0 Å². The summed E-state index contributed by atoms with van der Waals surface area (Å²) in [6, 6.07) is 19.4. The third kappa shape index (κ3) is 7.93. The number of allylic oxidation sites excluding steroid dienone is 1. The van der Waals surface area contributed by atoms with Crippen LogP contribution in [0.25, 0.3) is 12.2 Å². The molecule has 2 aliphatic rings. The number of carbonyl (C=O) groups excluding carboxylic acids is 2. The summed E-state index contributed by atoms with van der Waals surface area (Å²) in [6.07, 6.45) is 13.1. The molecule has 2 aromatic heterocycles. The van der Waals surface area contributed by atoms with Gasteiger partial charge in [-0.05, 0) is 114 Å². The zero-order valence-electron chi connectivity index (χ0n) is 30.1. The molecule has 3 aromatic carbocycles. The minimum atomic E-state index is -0.557. The Balaban J connectivity index is 1.13. The number of hydrogen-bond donors (Lipinski definition) is 7. The lowest BCUT2D eigenvalue weighted by Gasteiger charge is -2.34. The molecule has 10 heteroatoms. The molecule has 0 fully saturated rings. The molecule has 2 aliphatic carbocycles. The lowest BCUT2D eigenvalue weighted by Crippen LogP contribution is -2.32. The first-order valence-electron chi connectivity index (χ1n) is 18.3. The predicted molar refractivity (Wildman–Crippen MR) is 208 cm³/mol. The quantitative estimate of drug-likeness (QED) is 0.0449. The van der Waals surface area contributed by atoms with Crippen LogP contribution >= 0.6 is 0 Å². The van der Waals surface area contributed by atoms with Gasteiger partial charge < -0.3 is 40.4 Å². The van der Waals surface area contributed by atoms with E-state index in [9.17, 15) is 30.0 Å². The van der Waals surface area contributed by atoms with Gasteiger partial charge >= 0.3 is 0 Å². The highest BCUT2D eigenvalue weighted by atomic mass is 16.5. The molecule has 7 N–H and O–H groups in total. The van der Waals surface area contributed by atoms with E-state index in [1.54, 1.807) is 36.4 Å². The van der Waals surface area contributed by atoms with Gasteiger partial charge in [-0.3, -0.25) is 9.59 Å². The molecule has 7 rings (SSSR count). The Kier molecular flexibility index (Phi) is 10.6. The average Bonchev–Trinajstić information content (AvgIpc) is 3.77. The summed E-state index contributed by atoms with van der Waals surface area (Å²) in [7, 11) is 1.48. The minimum Gasteiger partial charge on any atom is -0.507 e. The Bertz CT molecular complexity index is 2230. The van der Waals surface area contributed by atoms with Crippen LogP contribution in [0, 0.1) is 11.8 Å². The topological polar surface area (TPSA) is 168 Å². The minimum absolute atomic E-state index is 0.0264. The first kappa shape index (κ1) is 36.2. The Morgan fingerprint density at radius 1 is 0.889 bits per heavy atom. The van der Waals surface area contributed by atoms with Crippen LogP contribution in [0.4, 0.5) is 5.82 Å². The second-order valence-corrected chi connectivity index (χ2v) is 14.3. The molecule has 0 saturated heterocycles. The van der Waals surface area contributed by atoms with E-state index in [-0.39, 0.29) is 59.2 Å². The maximum Gasteiger partial charge on any atom is 0.160 e. The van der Waals surface area contributed by atoms with Crippen LogP contribution in [0.1, 0.15) is 70.7 Å². The normalized spacial score (nSPS) is 17.6. The number of rotatable bonds is 14. The molecule has 278 valence electrons. The van der Waals surface area contributed by atoms with Crippen LogP contribution in [-0.2, 0) is 28.9 Å². The van der Waals surface area contributed by atoms with Crippen molar-refractivity contribution in [1.82, 2.24) is 9.97 Å². The third-order valence-electron chi connectivity index (χ3n) is 10.8. The summed E-state index contributed by atoms with van der Waals surface area (Å²) in [4.78, 5) is 34.7. The monoisotopic (exact) mass is 727 g/mol. The van der Waals surface area contributed by atoms with E-state index in [1.807, 2.05) is 48.8 Å². The van der Waals surface area contributed by atoms with Gasteiger partial charge in [-0.1, -0.05) is 36.4 Å². The summed E-state index contributed by atoms with van der Waals surface area (Å²) < 4.78 is 5.23.